The number of nitrogens with zero attached hydrogens (tertiary/aromatic N) is 4. The van der Waals surface area contributed by atoms with Crippen LogP contribution < -0.4 is 10.2 Å². The number of piperazine rings is 1. The second kappa shape index (κ2) is 6.89. The molecule has 2 aromatic heterocycles. The molecule has 3 heterocycles. The molecule has 1 aliphatic heterocycles. The van der Waals surface area contributed by atoms with Crippen LogP contribution in [0.3, 0.4) is 0 Å². The molecule has 1 aliphatic rings. The molecule has 24 heavy (non-hydrogen) atoms. The monoisotopic (exact) mass is 451 g/mol. The minimum Gasteiger partial charge on any atom is -0.353 e. The molecule has 124 valence electrons. The highest BCUT2D eigenvalue weighted by atomic mass is 127. The van der Waals surface area contributed by atoms with Crippen LogP contribution in [0.15, 0.2) is 42.9 Å². The molecule has 0 bridgehead atoms. The highest BCUT2D eigenvalue weighted by Gasteiger charge is 2.23. The minimum absolute atomic E-state index is 0.463. The van der Waals surface area contributed by atoms with Crippen molar-refractivity contribution in [3.63, 3.8) is 0 Å². The van der Waals surface area contributed by atoms with Crippen molar-refractivity contribution in [3.8, 4) is 11.1 Å². The van der Waals surface area contributed by atoms with Crippen molar-refractivity contribution < 1.29 is 0 Å². The van der Waals surface area contributed by atoms with E-state index in [0.29, 0.717) is 6.04 Å². The minimum atomic E-state index is 0.463. The maximum Gasteiger partial charge on any atom is 0.156 e. The van der Waals surface area contributed by atoms with Gasteiger partial charge in [-0.3, -0.25) is 3.97 Å². The maximum atomic E-state index is 4.66. The lowest BCUT2D eigenvalue weighted by molar-refractivity contribution is 0.483. The van der Waals surface area contributed by atoms with E-state index >= 15 is 0 Å². The van der Waals surface area contributed by atoms with Gasteiger partial charge in [0, 0.05) is 67.8 Å². The molecule has 3 aromatic rings. The van der Waals surface area contributed by atoms with Gasteiger partial charge in [0.2, 0.25) is 0 Å². The zero-order valence-corrected chi connectivity index (χ0v) is 16.3. The number of rotatable bonds is 3. The average molecular weight is 451 g/mol. The van der Waals surface area contributed by atoms with Gasteiger partial charge in [0.25, 0.3) is 0 Å². The van der Waals surface area contributed by atoms with Gasteiger partial charge in [0.15, 0.2) is 5.65 Å². The summed E-state index contributed by atoms with van der Waals surface area (Å²) in [5.74, 6) is 1.04. The second-order valence-electron chi connectivity index (χ2n) is 6.00. The van der Waals surface area contributed by atoms with E-state index in [1.54, 1.807) is 15.4 Å². The number of aromatic nitrogens is 3. The Morgan fingerprint density at radius 3 is 2.83 bits per heavy atom. The Kier molecular flexibility index (Phi) is 4.64. The lowest BCUT2D eigenvalue weighted by Gasteiger charge is -2.33. The summed E-state index contributed by atoms with van der Waals surface area (Å²) in [6, 6.07) is 11.0. The predicted molar refractivity (Wildman–Crippen MR) is 110 cm³/mol. The average Bonchev–Trinajstić information content (AvgIpc) is 3.01. The SMILES string of the molecule is CC1CN(c2ncnc3c2c(-c2ccccc2)cn3SI)CCN1. The molecule has 1 aromatic carbocycles. The fourth-order valence-corrected chi connectivity index (χ4v) is 4.52. The summed E-state index contributed by atoms with van der Waals surface area (Å²) in [4.78, 5) is 11.6. The third kappa shape index (κ3) is 2.89. The summed E-state index contributed by atoms with van der Waals surface area (Å²) in [6.07, 6.45) is 3.85. The quantitative estimate of drug-likeness (QED) is 0.615. The summed E-state index contributed by atoms with van der Waals surface area (Å²) in [7, 11) is 1.64. The van der Waals surface area contributed by atoms with Crippen LogP contribution in [0.25, 0.3) is 22.2 Å². The van der Waals surface area contributed by atoms with Crippen LogP contribution in [0.2, 0.25) is 0 Å². The first-order chi connectivity index (χ1) is 11.8. The van der Waals surface area contributed by atoms with Gasteiger partial charge < -0.3 is 10.2 Å². The second-order valence-corrected chi connectivity index (χ2v) is 7.71. The van der Waals surface area contributed by atoms with Crippen LogP contribution in [-0.2, 0) is 0 Å². The smallest absolute Gasteiger partial charge is 0.156 e. The van der Waals surface area contributed by atoms with E-state index in [1.165, 1.54) is 11.1 Å². The zero-order valence-electron chi connectivity index (χ0n) is 13.3. The van der Waals surface area contributed by atoms with Gasteiger partial charge in [-0.15, -0.1) is 0 Å². The first-order valence-electron chi connectivity index (χ1n) is 7.97. The lowest BCUT2D eigenvalue weighted by atomic mass is 10.1. The number of hydrogen-bond donors (Lipinski definition) is 1. The van der Waals surface area contributed by atoms with Crippen LogP contribution in [-0.4, -0.2) is 39.6 Å². The number of fused-ring (bicyclic) bond motifs is 1. The predicted octanol–water partition coefficient (Wildman–Crippen LogP) is 3.74. The Morgan fingerprint density at radius 2 is 2.08 bits per heavy atom. The van der Waals surface area contributed by atoms with Crippen molar-refractivity contribution in [3.05, 3.63) is 42.9 Å². The first kappa shape index (κ1) is 16.2. The number of anilines is 1. The maximum absolute atomic E-state index is 4.66. The molecule has 0 aliphatic carbocycles. The topological polar surface area (TPSA) is 46.0 Å². The number of halogens is 1. The third-order valence-electron chi connectivity index (χ3n) is 4.36. The van der Waals surface area contributed by atoms with E-state index in [2.05, 4.69) is 82.7 Å². The van der Waals surface area contributed by atoms with Gasteiger partial charge in [0.1, 0.15) is 12.1 Å². The Hall–Kier alpha value is -1.32. The van der Waals surface area contributed by atoms with Gasteiger partial charge >= 0.3 is 0 Å². The Bertz CT molecular complexity index is 851. The van der Waals surface area contributed by atoms with Crippen LogP contribution in [0.4, 0.5) is 5.82 Å². The molecule has 1 fully saturated rings. The molecule has 1 atom stereocenters. The molecule has 0 spiro atoms. The summed E-state index contributed by atoms with van der Waals surface area (Å²) < 4.78 is 2.12. The molecule has 0 amide bonds. The normalized spacial score (nSPS) is 18.2. The molecule has 5 nitrogen and oxygen atoms in total. The van der Waals surface area contributed by atoms with Crippen molar-refractivity contribution in [1.29, 1.82) is 0 Å². The van der Waals surface area contributed by atoms with Crippen LogP contribution in [0, 0.1) is 0 Å². The molecule has 7 heteroatoms. The van der Waals surface area contributed by atoms with Crippen LogP contribution in [0.5, 0.6) is 0 Å². The molecule has 1 unspecified atom stereocenters. The van der Waals surface area contributed by atoms with Crippen molar-refractivity contribution >= 4 is 47.2 Å². The first-order valence-corrected chi connectivity index (χ1v) is 11.3. The highest BCUT2D eigenvalue weighted by molar-refractivity contribution is 14.2. The van der Waals surface area contributed by atoms with Crippen LogP contribution in [0.1, 0.15) is 6.92 Å². The van der Waals surface area contributed by atoms with E-state index in [9.17, 15) is 0 Å². The molecular weight excluding hydrogens is 433 g/mol. The standard InChI is InChI=1S/C17H18IN5S/c1-12-9-22(8-7-19-12)16-15-14(13-5-3-2-4-6-13)10-23(24-18)17(15)21-11-20-16/h2-6,10-12,19H,7-9H2,1H3. The van der Waals surface area contributed by atoms with Gasteiger partial charge in [-0.1, -0.05) is 30.3 Å². The summed E-state index contributed by atoms with van der Waals surface area (Å²) >= 11 is 2.30. The highest BCUT2D eigenvalue weighted by Crippen LogP contribution is 2.38. The van der Waals surface area contributed by atoms with Crippen molar-refractivity contribution in [2.75, 3.05) is 24.5 Å². The fourth-order valence-electron chi connectivity index (χ4n) is 3.27. The lowest BCUT2D eigenvalue weighted by Crippen LogP contribution is -2.49. The molecule has 0 radical (unpaired) electrons. The summed E-state index contributed by atoms with van der Waals surface area (Å²) in [6.45, 7) is 5.12. The van der Waals surface area contributed by atoms with E-state index in [-0.39, 0.29) is 0 Å². The molecule has 1 N–H and O–H groups in total. The Balaban J connectivity index is 1.93. The van der Waals surface area contributed by atoms with E-state index in [1.807, 2.05) is 6.07 Å². The summed E-state index contributed by atoms with van der Waals surface area (Å²) in [5, 5.41) is 4.64. The molecule has 1 saturated heterocycles. The Labute approximate surface area is 157 Å². The third-order valence-corrected chi connectivity index (χ3v) is 6.06. The zero-order chi connectivity index (χ0) is 16.5. The van der Waals surface area contributed by atoms with E-state index in [0.717, 1.165) is 36.5 Å². The van der Waals surface area contributed by atoms with Crippen LogP contribution >= 0.6 is 30.3 Å². The Morgan fingerprint density at radius 1 is 1.25 bits per heavy atom. The van der Waals surface area contributed by atoms with E-state index < -0.39 is 0 Å². The number of benzene rings is 1. The largest absolute Gasteiger partial charge is 0.353 e. The van der Waals surface area contributed by atoms with E-state index in [4.69, 9.17) is 0 Å². The van der Waals surface area contributed by atoms with Crippen molar-refractivity contribution in [2.45, 2.75) is 13.0 Å². The number of nitrogens with one attached hydrogen (secondary N) is 1. The molecule has 0 saturated carbocycles. The van der Waals surface area contributed by atoms with Gasteiger partial charge in [-0.25, -0.2) is 9.97 Å². The fraction of sp³-hybridized carbons (Fsp3) is 0.294. The van der Waals surface area contributed by atoms with Crippen molar-refractivity contribution in [1.82, 2.24) is 19.3 Å². The molecule has 4 rings (SSSR count). The summed E-state index contributed by atoms with van der Waals surface area (Å²) in [5.41, 5.74) is 3.37. The van der Waals surface area contributed by atoms with Crippen molar-refractivity contribution in [2.24, 2.45) is 0 Å². The number of hydrogen-bond acceptors (Lipinski definition) is 5. The van der Waals surface area contributed by atoms with Gasteiger partial charge in [-0.05, 0) is 12.5 Å². The molecular formula is C17H18IN5S. The van der Waals surface area contributed by atoms with Gasteiger partial charge in [-0.2, -0.15) is 0 Å². The van der Waals surface area contributed by atoms with Gasteiger partial charge in [0.05, 0.1) is 5.39 Å².